The summed E-state index contributed by atoms with van der Waals surface area (Å²) in [6.07, 6.45) is -0.954. The molecule has 0 saturated carbocycles. The number of aliphatic hydroxyl groups excluding tert-OH is 2. The van der Waals surface area contributed by atoms with Gasteiger partial charge in [-0.3, -0.25) is 0 Å². The van der Waals surface area contributed by atoms with Crippen molar-refractivity contribution in [2.75, 3.05) is 6.61 Å². The zero-order valence-corrected chi connectivity index (χ0v) is 10.0. The van der Waals surface area contributed by atoms with Crippen molar-refractivity contribution in [1.82, 2.24) is 0 Å². The van der Waals surface area contributed by atoms with Crippen LogP contribution in [0.15, 0.2) is 29.0 Å². The van der Waals surface area contributed by atoms with Gasteiger partial charge in [-0.05, 0) is 17.5 Å². The van der Waals surface area contributed by atoms with E-state index in [4.69, 9.17) is 10.2 Å². The van der Waals surface area contributed by atoms with E-state index in [0.717, 1.165) is 5.56 Å². The molecule has 0 fully saturated rings. The third kappa shape index (κ3) is 2.71. The molecule has 82 valence electrons. The number of hydrogen-bond acceptors (Lipinski definition) is 4. The number of thiophene rings is 2. The zero-order valence-electron chi connectivity index (χ0n) is 8.38. The van der Waals surface area contributed by atoms with Crippen molar-refractivity contribution >= 4 is 22.7 Å². The summed E-state index contributed by atoms with van der Waals surface area (Å²) in [5, 5.41) is 21.7. The van der Waals surface area contributed by atoms with Crippen LogP contribution in [0.1, 0.15) is 5.56 Å². The SMILES string of the molecule is OC[C@@H](O)C#Cc1csc(-c2cccs2)c1. The minimum atomic E-state index is -0.954. The third-order valence-corrected chi connectivity index (χ3v) is 3.92. The van der Waals surface area contributed by atoms with Crippen LogP contribution in [-0.4, -0.2) is 22.9 Å². The lowest BCUT2D eigenvalue weighted by atomic mass is 10.2. The van der Waals surface area contributed by atoms with E-state index in [1.165, 1.54) is 9.75 Å². The molecule has 0 amide bonds. The molecule has 2 nitrogen and oxygen atoms in total. The lowest BCUT2D eigenvalue weighted by Crippen LogP contribution is -2.07. The van der Waals surface area contributed by atoms with Crippen LogP contribution in [0.3, 0.4) is 0 Å². The van der Waals surface area contributed by atoms with Gasteiger partial charge in [-0.15, -0.1) is 22.7 Å². The maximum Gasteiger partial charge on any atom is 0.138 e. The van der Waals surface area contributed by atoms with Crippen molar-refractivity contribution in [3.8, 4) is 21.6 Å². The Morgan fingerprint density at radius 1 is 1.31 bits per heavy atom. The lowest BCUT2D eigenvalue weighted by Gasteiger charge is -1.92. The minimum absolute atomic E-state index is 0.324. The maximum atomic E-state index is 9.09. The molecule has 1 atom stereocenters. The summed E-state index contributed by atoms with van der Waals surface area (Å²) in [7, 11) is 0. The second-order valence-corrected chi connectivity index (χ2v) is 5.00. The van der Waals surface area contributed by atoms with Crippen LogP contribution in [0, 0.1) is 11.8 Å². The summed E-state index contributed by atoms with van der Waals surface area (Å²) in [4.78, 5) is 2.40. The average molecular weight is 250 g/mol. The van der Waals surface area contributed by atoms with Crippen molar-refractivity contribution in [2.45, 2.75) is 6.10 Å². The average Bonchev–Trinajstić information content (AvgIpc) is 2.95. The Labute approximate surface area is 102 Å². The molecule has 0 aromatic carbocycles. The Balaban J connectivity index is 2.16. The molecule has 0 spiro atoms. The molecule has 16 heavy (non-hydrogen) atoms. The van der Waals surface area contributed by atoms with E-state index in [-0.39, 0.29) is 6.61 Å². The van der Waals surface area contributed by atoms with E-state index in [0.29, 0.717) is 0 Å². The van der Waals surface area contributed by atoms with Gasteiger partial charge in [0, 0.05) is 20.7 Å². The smallest absolute Gasteiger partial charge is 0.138 e. The molecule has 2 aromatic rings. The molecule has 0 aliphatic carbocycles. The molecule has 4 heteroatoms. The van der Waals surface area contributed by atoms with Crippen LogP contribution >= 0.6 is 22.7 Å². The molecule has 0 unspecified atom stereocenters. The predicted molar refractivity (Wildman–Crippen MR) is 67.6 cm³/mol. The highest BCUT2D eigenvalue weighted by atomic mass is 32.1. The maximum absolute atomic E-state index is 9.09. The Bertz CT molecular complexity index is 503. The molecule has 0 saturated heterocycles. The van der Waals surface area contributed by atoms with Gasteiger partial charge in [0.2, 0.25) is 0 Å². The summed E-state index contributed by atoms with van der Waals surface area (Å²) in [6, 6.07) is 6.07. The molecular formula is C12H10O2S2. The van der Waals surface area contributed by atoms with Crippen LogP contribution in [0.5, 0.6) is 0 Å². The van der Waals surface area contributed by atoms with Gasteiger partial charge < -0.3 is 10.2 Å². The highest BCUT2D eigenvalue weighted by Gasteiger charge is 2.02. The van der Waals surface area contributed by atoms with Crippen molar-refractivity contribution in [2.24, 2.45) is 0 Å². The molecule has 0 aliphatic rings. The first-order valence-electron chi connectivity index (χ1n) is 4.72. The zero-order chi connectivity index (χ0) is 11.4. The Morgan fingerprint density at radius 2 is 2.19 bits per heavy atom. The van der Waals surface area contributed by atoms with Gasteiger partial charge in [0.25, 0.3) is 0 Å². The molecule has 2 rings (SSSR count). The molecule has 2 aromatic heterocycles. The highest BCUT2D eigenvalue weighted by molar-refractivity contribution is 7.20. The normalized spacial score (nSPS) is 11.9. The predicted octanol–water partition coefficient (Wildman–Crippen LogP) is 2.18. The lowest BCUT2D eigenvalue weighted by molar-refractivity contribution is 0.138. The highest BCUT2D eigenvalue weighted by Crippen LogP contribution is 2.30. The van der Waals surface area contributed by atoms with E-state index >= 15 is 0 Å². The van der Waals surface area contributed by atoms with Gasteiger partial charge in [0.15, 0.2) is 0 Å². The first-order valence-corrected chi connectivity index (χ1v) is 6.48. The van der Waals surface area contributed by atoms with Gasteiger partial charge >= 0.3 is 0 Å². The number of rotatable bonds is 2. The Kier molecular flexibility index (Phi) is 3.75. The summed E-state index contributed by atoms with van der Waals surface area (Å²) in [6.45, 7) is -0.324. The Morgan fingerprint density at radius 3 is 2.88 bits per heavy atom. The van der Waals surface area contributed by atoms with Crippen LogP contribution in [-0.2, 0) is 0 Å². The molecule has 0 bridgehead atoms. The van der Waals surface area contributed by atoms with Crippen LogP contribution in [0.25, 0.3) is 9.75 Å². The van der Waals surface area contributed by atoms with Crippen LogP contribution in [0.4, 0.5) is 0 Å². The molecule has 2 heterocycles. The number of hydrogen-bond donors (Lipinski definition) is 2. The largest absolute Gasteiger partial charge is 0.393 e. The van der Waals surface area contributed by atoms with E-state index in [2.05, 4.69) is 17.9 Å². The molecule has 2 N–H and O–H groups in total. The monoisotopic (exact) mass is 250 g/mol. The fourth-order valence-corrected chi connectivity index (χ4v) is 2.85. The quantitative estimate of drug-likeness (QED) is 0.802. The van der Waals surface area contributed by atoms with Crippen molar-refractivity contribution in [1.29, 1.82) is 0 Å². The van der Waals surface area contributed by atoms with E-state index < -0.39 is 6.10 Å². The molecular weight excluding hydrogens is 240 g/mol. The van der Waals surface area contributed by atoms with Crippen molar-refractivity contribution in [3.05, 3.63) is 34.5 Å². The standard InChI is InChI=1S/C12H10O2S2/c13-7-10(14)4-3-9-6-12(16-8-9)11-2-1-5-15-11/h1-2,5-6,8,10,13-14H,7H2/t10-/m0/s1. The topological polar surface area (TPSA) is 40.5 Å². The van der Waals surface area contributed by atoms with Gasteiger partial charge in [-0.2, -0.15) is 0 Å². The first-order chi connectivity index (χ1) is 7.79. The summed E-state index contributed by atoms with van der Waals surface area (Å²) < 4.78 is 0. The van der Waals surface area contributed by atoms with Gasteiger partial charge in [-0.1, -0.05) is 17.9 Å². The van der Waals surface area contributed by atoms with Gasteiger partial charge in [0.1, 0.15) is 6.10 Å². The fraction of sp³-hybridized carbons (Fsp3) is 0.167. The Hall–Kier alpha value is -1.12. The first kappa shape index (κ1) is 11.4. The molecule has 0 aliphatic heterocycles. The second kappa shape index (κ2) is 5.28. The van der Waals surface area contributed by atoms with Crippen LogP contribution in [0.2, 0.25) is 0 Å². The minimum Gasteiger partial charge on any atom is -0.393 e. The van der Waals surface area contributed by atoms with Gasteiger partial charge in [-0.25, -0.2) is 0 Å². The van der Waals surface area contributed by atoms with E-state index in [9.17, 15) is 0 Å². The number of aliphatic hydroxyl groups is 2. The van der Waals surface area contributed by atoms with Crippen LogP contribution < -0.4 is 0 Å². The van der Waals surface area contributed by atoms with Crippen molar-refractivity contribution < 1.29 is 10.2 Å². The summed E-state index contributed by atoms with van der Waals surface area (Å²) in [5.41, 5.74) is 0.876. The second-order valence-electron chi connectivity index (χ2n) is 3.14. The third-order valence-electron chi connectivity index (χ3n) is 1.92. The van der Waals surface area contributed by atoms with E-state index in [1.807, 2.05) is 22.9 Å². The van der Waals surface area contributed by atoms with Crippen molar-refractivity contribution in [3.63, 3.8) is 0 Å². The summed E-state index contributed by atoms with van der Waals surface area (Å²) >= 11 is 3.32. The fourth-order valence-electron chi connectivity index (χ4n) is 1.16. The van der Waals surface area contributed by atoms with Gasteiger partial charge in [0.05, 0.1) is 6.61 Å². The summed E-state index contributed by atoms with van der Waals surface area (Å²) in [5.74, 6) is 5.41. The van der Waals surface area contributed by atoms with E-state index in [1.54, 1.807) is 22.7 Å². The molecule has 0 radical (unpaired) electrons.